The summed E-state index contributed by atoms with van der Waals surface area (Å²) < 4.78 is 0. The molecule has 0 bridgehead atoms. The van der Waals surface area contributed by atoms with E-state index in [1.807, 2.05) is 63.8 Å². The molecule has 8 heteroatoms. The summed E-state index contributed by atoms with van der Waals surface area (Å²) in [5.41, 5.74) is 9.05. The fraction of sp³-hybridized carbons (Fsp3) is 0.440. The standard InChI is InChI=1S/C25H33N5O3/c1-6-18-11-20(12-27-22(18)26)28-23(31)25(33)30-13-17(5)29(24(32)15(2)3)14-21(30)19-9-7-16(4)8-10-19/h7-12,15,17,21H,6,13-14H2,1-5H3,(H2,26,27)(H,28,31)/t17-,21-/m1/s1. The summed E-state index contributed by atoms with van der Waals surface area (Å²) in [6, 6.07) is 8.94. The van der Waals surface area contributed by atoms with Gasteiger partial charge in [-0.3, -0.25) is 14.4 Å². The molecule has 2 atom stereocenters. The van der Waals surface area contributed by atoms with Crippen LogP contribution in [0.5, 0.6) is 0 Å². The lowest BCUT2D eigenvalue weighted by Crippen LogP contribution is -2.59. The second-order valence-electron chi connectivity index (χ2n) is 8.95. The van der Waals surface area contributed by atoms with Crippen LogP contribution in [0, 0.1) is 12.8 Å². The second-order valence-corrected chi connectivity index (χ2v) is 8.95. The average molecular weight is 452 g/mol. The van der Waals surface area contributed by atoms with Crippen LogP contribution in [0.2, 0.25) is 0 Å². The van der Waals surface area contributed by atoms with Crippen molar-refractivity contribution in [1.82, 2.24) is 14.8 Å². The van der Waals surface area contributed by atoms with E-state index in [0.717, 1.165) is 16.7 Å². The Kier molecular flexibility index (Phi) is 7.36. The normalized spacial score (nSPS) is 18.4. The van der Waals surface area contributed by atoms with E-state index in [9.17, 15) is 14.4 Å². The molecular weight excluding hydrogens is 418 g/mol. The van der Waals surface area contributed by atoms with Crippen LogP contribution in [0.15, 0.2) is 36.5 Å². The van der Waals surface area contributed by atoms with Gasteiger partial charge in [-0.1, -0.05) is 50.6 Å². The van der Waals surface area contributed by atoms with Gasteiger partial charge < -0.3 is 20.9 Å². The van der Waals surface area contributed by atoms with Crippen molar-refractivity contribution in [3.8, 4) is 0 Å². The van der Waals surface area contributed by atoms with Gasteiger partial charge in [0.1, 0.15) is 5.82 Å². The molecule has 1 aliphatic heterocycles. The minimum Gasteiger partial charge on any atom is -0.383 e. The van der Waals surface area contributed by atoms with Crippen molar-refractivity contribution in [2.75, 3.05) is 24.1 Å². The zero-order valence-electron chi connectivity index (χ0n) is 20.0. The lowest BCUT2D eigenvalue weighted by atomic mass is 9.97. The summed E-state index contributed by atoms with van der Waals surface area (Å²) >= 11 is 0. The Morgan fingerprint density at radius 1 is 1.15 bits per heavy atom. The van der Waals surface area contributed by atoms with Gasteiger partial charge in [-0.2, -0.15) is 0 Å². The summed E-state index contributed by atoms with van der Waals surface area (Å²) in [5, 5.41) is 2.66. The van der Waals surface area contributed by atoms with Crippen molar-refractivity contribution >= 4 is 29.2 Å². The van der Waals surface area contributed by atoms with Crippen LogP contribution in [0.4, 0.5) is 11.5 Å². The molecule has 1 aromatic heterocycles. The minimum absolute atomic E-state index is 0.0382. The average Bonchev–Trinajstić information content (AvgIpc) is 2.79. The molecule has 0 saturated carbocycles. The third-order valence-electron chi connectivity index (χ3n) is 6.07. The van der Waals surface area contributed by atoms with E-state index in [0.29, 0.717) is 24.5 Å². The van der Waals surface area contributed by atoms with Gasteiger partial charge in [0, 0.05) is 25.0 Å². The maximum atomic E-state index is 13.3. The number of nitrogens with two attached hydrogens (primary N) is 1. The molecule has 3 amide bonds. The zero-order valence-corrected chi connectivity index (χ0v) is 20.0. The summed E-state index contributed by atoms with van der Waals surface area (Å²) in [6.07, 6.45) is 2.11. The van der Waals surface area contributed by atoms with Crippen molar-refractivity contribution in [3.63, 3.8) is 0 Å². The summed E-state index contributed by atoms with van der Waals surface area (Å²) in [7, 11) is 0. The number of anilines is 2. The van der Waals surface area contributed by atoms with E-state index in [-0.39, 0.29) is 24.4 Å². The minimum atomic E-state index is -0.739. The van der Waals surface area contributed by atoms with Crippen LogP contribution in [0.3, 0.4) is 0 Å². The summed E-state index contributed by atoms with van der Waals surface area (Å²) in [6.45, 7) is 10.2. The maximum Gasteiger partial charge on any atom is 0.313 e. The highest BCUT2D eigenvalue weighted by atomic mass is 16.2. The number of hydrogen-bond donors (Lipinski definition) is 2. The van der Waals surface area contributed by atoms with Gasteiger partial charge in [-0.25, -0.2) is 4.98 Å². The molecule has 1 aromatic carbocycles. The lowest BCUT2D eigenvalue weighted by molar-refractivity contribution is -0.152. The zero-order chi connectivity index (χ0) is 24.3. The number of carbonyl (C=O) groups is 3. The number of hydrogen-bond acceptors (Lipinski definition) is 5. The number of aromatic nitrogens is 1. The number of benzene rings is 1. The summed E-state index contributed by atoms with van der Waals surface area (Å²) in [4.78, 5) is 46.5. The first kappa shape index (κ1) is 24.2. The molecule has 2 heterocycles. The topological polar surface area (TPSA) is 109 Å². The molecule has 3 rings (SSSR count). The fourth-order valence-electron chi connectivity index (χ4n) is 4.10. The van der Waals surface area contributed by atoms with Crippen molar-refractivity contribution in [1.29, 1.82) is 0 Å². The molecule has 0 unspecified atom stereocenters. The number of rotatable bonds is 4. The lowest BCUT2D eigenvalue weighted by Gasteiger charge is -2.45. The Hall–Kier alpha value is -3.42. The van der Waals surface area contributed by atoms with Crippen LogP contribution in [-0.4, -0.2) is 51.6 Å². The molecule has 1 saturated heterocycles. The van der Waals surface area contributed by atoms with Gasteiger partial charge >= 0.3 is 11.8 Å². The highest BCUT2D eigenvalue weighted by Crippen LogP contribution is 2.30. The molecule has 2 aromatic rings. The Labute approximate surface area is 195 Å². The predicted octanol–water partition coefficient (Wildman–Crippen LogP) is 2.93. The number of nitrogen functional groups attached to an aromatic ring is 1. The Bertz CT molecular complexity index is 1030. The van der Waals surface area contributed by atoms with Gasteiger partial charge in [0.25, 0.3) is 0 Å². The van der Waals surface area contributed by atoms with Gasteiger partial charge in [0.2, 0.25) is 5.91 Å². The van der Waals surface area contributed by atoms with Crippen molar-refractivity contribution in [2.24, 2.45) is 5.92 Å². The van der Waals surface area contributed by atoms with Gasteiger partial charge in [-0.15, -0.1) is 0 Å². The molecule has 33 heavy (non-hydrogen) atoms. The number of piperazine rings is 1. The Balaban J connectivity index is 1.87. The molecule has 0 radical (unpaired) electrons. The molecular formula is C25H33N5O3. The molecule has 1 fully saturated rings. The number of nitrogens with one attached hydrogen (secondary N) is 1. The molecule has 3 N–H and O–H groups in total. The molecule has 8 nitrogen and oxygen atoms in total. The van der Waals surface area contributed by atoms with E-state index in [1.54, 1.807) is 11.0 Å². The van der Waals surface area contributed by atoms with E-state index >= 15 is 0 Å². The Morgan fingerprint density at radius 2 is 1.82 bits per heavy atom. The van der Waals surface area contributed by atoms with E-state index in [4.69, 9.17) is 5.73 Å². The fourth-order valence-corrected chi connectivity index (χ4v) is 4.10. The van der Waals surface area contributed by atoms with Gasteiger partial charge in [0.15, 0.2) is 0 Å². The SMILES string of the molecule is CCc1cc(NC(=O)C(=O)N2C[C@@H](C)N(C(=O)C(C)C)C[C@@H]2c2ccc(C)cc2)cnc1N. The third-order valence-corrected chi connectivity index (χ3v) is 6.07. The number of amides is 3. The number of nitrogens with zero attached hydrogens (tertiary/aromatic N) is 3. The first-order chi connectivity index (χ1) is 15.6. The van der Waals surface area contributed by atoms with Crippen LogP contribution >= 0.6 is 0 Å². The largest absolute Gasteiger partial charge is 0.383 e. The smallest absolute Gasteiger partial charge is 0.313 e. The molecule has 1 aliphatic rings. The van der Waals surface area contributed by atoms with Gasteiger partial charge in [-0.05, 0) is 37.5 Å². The van der Waals surface area contributed by atoms with Crippen LogP contribution < -0.4 is 11.1 Å². The van der Waals surface area contributed by atoms with E-state index < -0.39 is 17.9 Å². The maximum absolute atomic E-state index is 13.3. The van der Waals surface area contributed by atoms with Gasteiger partial charge in [0.05, 0.1) is 17.9 Å². The highest BCUT2D eigenvalue weighted by molar-refractivity contribution is 6.39. The van der Waals surface area contributed by atoms with Crippen LogP contribution in [0.25, 0.3) is 0 Å². The van der Waals surface area contributed by atoms with Crippen molar-refractivity contribution in [3.05, 3.63) is 53.2 Å². The van der Waals surface area contributed by atoms with Crippen molar-refractivity contribution in [2.45, 2.75) is 53.1 Å². The number of carbonyl (C=O) groups excluding carboxylic acids is 3. The monoisotopic (exact) mass is 451 g/mol. The third kappa shape index (κ3) is 5.32. The highest BCUT2D eigenvalue weighted by Gasteiger charge is 2.39. The van der Waals surface area contributed by atoms with Crippen molar-refractivity contribution < 1.29 is 14.4 Å². The first-order valence-electron chi connectivity index (χ1n) is 11.4. The Morgan fingerprint density at radius 3 is 2.42 bits per heavy atom. The quantitative estimate of drug-likeness (QED) is 0.695. The van der Waals surface area contributed by atoms with E-state index in [1.165, 1.54) is 6.20 Å². The molecule has 0 spiro atoms. The first-order valence-corrected chi connectivity index (χ1v) is 11.4. The molecule has 0 aliphatic carbocycles. The van der Waals surface area contributed by atoms with E-state index in [2.05, 4.69) is 10.3 Å². The number of aryl methyl sites for hydroxylation is 2. The predicted molar refractivity (Wildman–Crippen MR) is 128 cm³/mol. The number of pyridine rings is 1. The summed E-state index contributed by atoms with van der Waals surface area (Å²) in [5.74, 6) is -1.09. The van der Waals surface area contributed by atoms with Crippen LogP contribution in [-0.2, 0) is 20.8 Å². The van der Waals surface area contributed by atoms with Crippen LogP contribution in [0.1, 0.15) is 50.4 Å². The second kappa shape index (κ2) is 10.0. The molecule has 176 valence electrons.